The first-order chi connectivity index (χ1) is 28.7. The van der Waals surface area contributed by atoms with E-state index in [4.69, 9.17) is 9.97 Å². The van der Waals surface area contributed by atoms with E-state index >= 15 is 0 Å². The van der Waals surface area contributed by atoms with Crippen molar-refractivity contribution in [2.75, 3.05) is 0 Å². The summed E-state index contributed by atoms with van der Waals surface area (Å²) in [7, 11) is 0. The van der Waals surface area contributed by atoms with E-state index in [1.807, 2.05) is 48.5 Å². The van der Waals surface area contributed by atoms with Crippen LogP contribution in [0.4, 0.5) is 0 Å². The molecule has 0 aliphatic heterocycles. The number of aromatic nitrogens is 4. The largest absolute Gasteiger partial charge is 0.309 e. The molecular weight excluding hydrogens is 707 g/mol. The van der Waals surface area contributed by atoms with Gasteiger partial charge in [0.2, 0.25) is 0 Å². The van der Waals surface area contributed by atoms with E-state index in [1.54, 1.807) is 0 Å². The van der Waals surface area contributed by atoms with Gasteiger partial charge < -0.3 is 9.13 Å². The van der Waals surface area contributed by atoms with Crippen molar-refractivity contribution in [1.29, 1.82) is 5.26 Å². The zero-order valence-electron chi connectivity index (χ0n) is 31.3. The number of para-hydroxylation sites is 3. The Balaban J connectivity index is 1.11. The Kier molecular flexibility index (Phi) is 7.80. The van der Waals surface area contributed by atoms with Gasteiger partial charge in [0.1, 0.15) is 0 Å². The topological polar surface area (TPSA) is 59.4 Å². The summed E-state index contributed by atoms with van der Waals surface area (Å²) in [5, 5.41) is 14.2. The van der Waals surface area contributed by atoms with Crippen LogP contribution in [0.25, 0.3) is 100 Å². The van der Waals surface area contributed by atoms with E-state index in [0.717, 1.165) is 72.4 Å². The molecule has 11 rings (SSSR count). The standard InChI is InChI=1S/C53H33N5/c54-34-35-20-22-37(23-21-35)48-33-47(36-12-4-1-5-13-36)55-53(56-48)40-26-29-52-46(32-40)45-31-39(25-28-51(45)58(52)42-16-8-3-9-17-42)38-24-27-50-44(30-38)43-18-10-11-19-49(43)57(50)41-14-6-2-7-15-41/h1-33H. The van der Waals surface area contributed by atoms with Gasteiger partial charge in [0, 0.05) is 49.6 Å². The fraction of sp³-hybridized carbons (Fsp3) is 0. The summed E-state index contributed by atoms with van der Waals surface area (Å²) >= 11 is 0. The SMILES string of the molecule is N#Cc1ccc(-c2cc(-c3ccccc3)nc(-c3ccc4c(c3)c3cc(-c5ccc6c(c5)c5ccccc5n6-c5ccccc5)ccc3n4-c3ccccc3)n2)cc1. The lowest BCUT2D eigenvalue weighted by molar-refractivity contribution is 1.17. The van der Waals surface area contributed by atoms with Gasteiger partial charge >= 0.3 is 0 Å². The Morgan fingerprint density at radius 1 is 0.345 bits per heavy atom. The molecule has 0 atom stereocenters. The van der Waals surface area contributed by atoms with E-state index in [0.29, 0.717) is 11.4 Å². The van der Waals surface area contributed by atoms with Gasteiger partial charge in [0.05, 0.1) is 45.1 Å². The van der Waals surface area contributed by atoms with Gasteiger partial charge in [-0.1, -0.05) is 109 Å². The Morgan fingerprint density at radius 2 is 0.759 bits per heavy atom. The van der Waals surface area contributed by atoms with Crippen LogP contribution in [0.2, 0.25) is 0 Å². The van der Waals surface area contributed by atoms with Gasteiger partial charge in [-0.2, -0.15) is 5.26 Å². The van der Waals surface area contributed by atoms with E-state index in [9.17, 15) is 5.26 Å². The molecule has 0 aliphatic carbocycles. The van der Waals surface area contributed by atoms with Gasteiger partial charge in [0.25, 0.3) is 0 Å². The van der Waals surface area contributed by atoms with Crippen LogP contribution in [0.5, 0.6) is 0 Å². The van der Waals surface area contributed by atoms with Crippen molar-refractivity contribution in [2.24, 2.45) is 0 Å². The average molecular weight is 740 g/mol. The maximum absolute atomic E-state index is 9.45. The Labute approximate surface area is 335 Å². The maximum Gasteiger partial charge on any atom is 0.160 e. The van der Waals surface area contributed by atoms with Gasteiger partial charge in [-0.3, -0.25) is 0 Å². The molecule has 11 aromatic rings. The van der Waals surface area contributed by atoms with Crippen LogP contribution >= 0.6 is 0 Å². The molecule has 3 heterocycles. The third kappa shape index (κ3) is 5.55. The van der Waals surface area contributed by atoms with Crippen LogP contribution in [0.1, 0.15) is 5.56 Å². The average Bonchev–Trinajstić information content (AvgIpc) is 3.81. The second-order valence-corrected chi connectivity index (χ2v) is 14.6. The molecule has 0 aliphatic rings. The molecule has 0 bridgehead atoms. The summed E-state index contributed by atoms with van der Waals surface area (Å²) in [6.07, 6.45) is 0. The number of hydrogen-bond acceptors (Lipinski definition) is 3. The predicted molar refractivity (Wildman–Crippen MR) is 237 cm³/mol. The van der Waals surface area contributed by atoms with Crippen LogP contribution in [0.15, 0.2) is 200 Å². The molecule has 58 heavy (non-hydrogen) atoms. The molecule has 5 heteroatoms. The number of fused-ring (bicyclic) bond motifs is 6. The normalized spacial score (nSPS) is 11.4. The minimum atomic E-state index is 0.611. The highest BCUT2D eigenvalue weighted by Crippen LogP contribution is 2.39. The second-order valence-electron chi connectivity index (χ2n) is 14.6. The van der Waals surface area contributed by atoms with Crippen molar-refractivity contribution in [3.05, 3.63) is 206 Å². The van der Waals surface area contributed by atoms with Gasteiger partial charge in [0.15, 0.2) is 5.82 Å². The number of rotatable bonds is 6. The van der Waals surface area contributed by atoms with E-state index in [-0.39, 0.29) is 0 Å². The third-order valence-electron chi connectivity index (χ3n) is 11.2. The van der Waals surface area contributed by atoms with E-state index in [1.165, 1.54) is 21.8 Å². The summed E-state index contributed by atoms with van der Waals surface area (Å²) < 4.78 is 4.70. The molecule has 0 unspecified atom stereocenters. The smallest absolute Gasteiger partial charge is 0.160 e. The highest BCUT2D eigenvalue weighted by Gasteiger charge is 2.18. The fourth-order valence-electron chi connectivity index (χ4n) is 8.40. The van der Waals surface area contributed by atoms with Crippen LogP contribution in [0, 0.1) is 11.3 Å². The molecule has 8 aromatic carbocycles. The van der Waals surface area contributed by atoms with Crippen LogP contribution in [-0.2, 0) is 0 Å². The molecule has 3 aromatic heterocycles. The summed E-state index contributed by atoms with van der Waals surface area (Å²) in [6, 6.07) is 72.1. The first kappa shape index (κ1) is 33.3. The molecule has 0 radical (unpaired) electrons. The summed E-state index contributed by atoms with van der Waals surface area (Å²) in [6.45, 7) is 0. The van der Waals surface area contributed by atoms with Crippen LogP contribution < -0.4 is 0 Å². The lowest BCUT2D eigenvalue weighted by atomic mass is 10.00. The zero-order chi connectivity index (χ0) is 38.6. The number of nitriles is 1. The first-order valence-corrected chi connectivity index (χ1v) is 19.4. The van der Waals surface area contributed by atoms with Crippen molar-refractivity contribution in [1.82, 2.24) is 19.1 Å². The molecule has 0 N–H and O–H groups in total. The summed E-state index contributed by atoms with van der Waals surface area (Å²) in [5.41, 5.74) is 14.3. The molecule has 0 spiro atoms. The van der Waals surface area contributed by atoms with Crippen molar-refractivity contribution < 1.29 is 0 Å². The highest BCUT2D eigenvalue weighted by molar-refractivity contribution is 6.13. The minimum absolute atomic E-state index is 0.611. The Bertz CT molecular complexity index is 3370. The van der Waals surface area contributed by atoms with E-state index < -0.39 is 0 Å². The molecule has 0 fully saturated rings. The van der Waals surface area contributed by atoms with Gasteiger partial charge in [-0.25, -0.2) is 9.97 Å². The highest BCUT2D eigenvalue weighted by atomic mass is 15.0. The van der Waals surface area contributed by atoms with E-state index in [2.05, 4.69) is 167 Å². The quantitative estimate of drug-likeness (QED) is 0.171. The summed E-state index contributed by atoms with van der Waals surface area (Å²) in [4.78, 5) is 10.3. The maximum atomic E-state index is 9.45. The van der Waals surface area contributed by atoms with Crippen LogP contribution in [0.3, 0.4) is 0 Å². The van der Waals surface area contributed by atoms with Gasteiger partial charge in [-0.15, -0.1) is 0 Å². The van der Waals surface area contributed by atoms with Crippen molar-refractivity contribution in [3.63, 3.8) is 0 Å². The number of benzene rings is 8. The monoisotopic (exact) mass is 739 g/mol. The Morgan fingerprint density at radius 3 is 1.31 bits per heavy atom. The lowest BCUT2D eigenvalue weighted by Crippen LogP contribution is -1.96. The number of nitrogens with zero attached hydrogens (tertiary/aromatic N) is 5. The lowest BCUT2D eigenvalue weighted by Gasteiger charge is -2.10. The minimum Gasteiger partial charge on any atom is -0.309 e. The Hall–Kier alpha value is -8.07. The van der Waals surface area contributed by atoms with Crippen molar-refractivity contribution >= 4 is 43.6 Å². The van der Waals surface area contributed by atoms with Gasteiger partial charge in [-0.05, 0) is 102 Å². The fourth-order valence-corrected chi connectivity index (χ4v) is 8.40. The molecular formula is C53H33N5. The van der Waals surface area contributed by atoms with Crippen LogP contribution in [-0.4, -0.2) is 19.1 Å². The number of hydrogen-bond donors (Lipinski definition) is 0. The molecule has 270 valence electrons. The molecule has 5 nitrogen and oxygen atoms in total. The zero-order valence-corrected chi connectivity index (χ0v) is 31.3. The summed E-state index contributed by atoms with van der Waals surface area (Å²) in [5.74, 6) is 0.639. The molecule has 0 amide bonds. The molecule has 0 saturated heterocycles. The predicted octanol–water partition coefficient (Wildman–Crippen LogP) is 13.2. The third-order valence-corrected chi connectivity index (χ3v) is 11.2. The first-order valence-electron chi connectivity index (χ1n) is 19.4. The second kappa shape index (κ2) is 13.6. The van der Waals surface area contributed by atoms with Crippen molar-refractivity contribution in [2.45, 2.75) is 0 Å². The molecule has 0 saturated carbocycles. The van der Waals surface area contributed by atoms with Crippen molar-refractivity contribution in [3.8, 4) is 62.5 Å².